The van der Waals surface area contributed by atoms with Gasteiger partial charge in [-0.2, -0.15) is 5.10 Å². The van der Waals surface area contributed by atoms with Crippen LogP contribution in [0.2, 0.25) is 0 Å². The topological polar surface area (TPSA) is 29.9 Å². The quantitative estimate of drug-likeness (QED) is 0.768. The molecule has 1 atom stereocenters. The molecule has 3 heteroatoms. The minimum Gasteiger partial charge on any atom is -0.382 e. The summed E-state index contributed by atoms with van der Waals surface area (Å²) < 4.78 is 1.87. The van der Waals surface area contributed by atoms with Crippen molar-refractivity contribution in [3.8, 4) is 0 Å². The van der Waals surface area contributed by atoms with Crippen LogP contribution in [0.1, 0.15) is 45.2 Å². The van der Waals surface area contributed by atoms with E-state index in [1.54, 1.807) is 0 Å². The molecular weight excluding hydrogens is 198 g/mol. The molecule has 0 aliphatic heterocycles. The van der Waals surface area contributed by atoms with Gasteiger partial charge in [-0.25, -0.2) is 0 Å². The Morgan fingerprint density at radius 1 is 1.44 bits per heavy atom. The normalized spacial score (nSPS) is 12.8. The van der Waals surface area contributed by atoms with E-state index in [9.17, 15) is 0 Å². The second kappa shape index (κ2) is 6.56. The summed E-state index contributed by atoms with van der Waals surface area (Å²) in [5, 5.41) is 7.84. The zero-order valence-electron chi connectivity index (χ0n) is 11.1. The summed E-state index contributed by atoms with van der Waals surface area (Å²) >= 11 is 0. The highest BCUT2D eigenvalue weighted by Gasteiger charge is 2.07. The molecule has 92 valence electrons. The van der Waals surface area contributed by atoms with E-state index in [4.69, 9.17) is 0 Å². The molecule has 1 N–H and O–H groups in total. The van der Waals surface area contributed by atoms with Gasteiger partial charge in [0, 0.05) is 19.8 Å². The van der Waals surface area contributed by atoms with Crippen molar-refractivity contribution in [3.63, 3.8) is 0 Å². The molecule has 1 unspecified atom stereocenters. The minimum atomic E-state index is 0.791. The first-order valence-corrected chi connectivity index (χ1v) is 6.41. The van der Waals surface area contributed by atoms with Crippen molar-refractivity contribution in [2.24, 2.45) is 13.0 Å². The number of unbranched alkanes of at least 4 members (excludes halogenated alkanes) is 1. The number of nitrogens with zero attached hydrogens (tertiary/aromatic N) is 2. The van der Waals surface area contributed by atoms with Gasteiger partial charge >= 0.3 is 0 Å². The van der Waals surface area contributed by atoms with E-state index in [2.05, 4.69) is 37.4 Å². The van der Waals surface area contributed by atoms with Crippen LogP contribution in [-0.4, -0.2) is 16.3 Å². The van der Waals surface area contributed by atoms with Crippen LogP contribution in [0.4, 0.5) is 5.69 Å². The first kappa shape index (κ1) is 13.1. The molecule has 0 aromatic carbocycles. The third kappa shape index (κ3) is 3.87. The molecule has 1 aromatic heterocycles. The van der Waals surface area contributed by atoms with Crippen LogP contribution in [0.25, 0.3) is 0 Å². The Kier molecular flexibility index (Phi) is 5.36. The van der Waals surface area contributed by atoms with E-state index in [-0.39, 0.29) is 0 Å². The number of anilines is 1. The molecule has 16 heavy (non-hydrogen) atoms. The number of aryl methyl sites for hydroxylation is 2. The van der Waals surface area contributed by atoms with E-state index in [1.807, 2.05) is 11.7 Å². The lowest BCUT2D eigenvalue weighted by Gasteiger charge is -2.15. The van der Waals surface area contributed by atoms with Crippen LogP contribution in [0.3, 0.4) is 0 Å². The zero-order valence-corrected chi connectivity index (χ0v) is 11.1. The van der Waals surface area contributed by atoms with Crippen molar-refractivity contribution in [3.05, 3.63) is 11.9 Å². The summed E-state index contributed by atoms with van der Waals surface area (Å²) in [6.07, 6.45) is 7.28. The van der Waals surface area contributed by atoms with E-state index in [0.29, 0.717) is 0 Å². The second-order valence-corrected chi connectivity index (χ2v) is 4.60. The van der Waals surface area contributed by atoms with Crippen molar-refractivity contribution in [1.82, 2.24) is 9.78 Å². The molecule has 1 heterocycles. The maximum absolute atomic E-state index is 4.33. The molecule has 0 saturated carbocycles. The van der Waals surface area contributed by atoms with Crippen molar-refractivity contribution < 1.29 is 0 Å². The SMILES string of the molecule is CCCCC(CC)CNc1cn(C)nc1C. The van der Waals surface area contributed by atoms with Crippen molar-refractivity contribution in [2.45, 2.75) is 46.5 Å². The highest BCUT2D eigenvalue weighted by Crippen LogP contribution is 2.16. The van der Waals surface area contributed by atoms with Gasteiger partial charge in [0.05, 0.1) is 11.4 Å². The van der Waals surface area contributed by atoms with Gasteiger partial charge in [-0.3, -0.25) is 4.68 Å². The maximum Gasteiger partial charge on any atom is 0.0824 e. The van der Waals surface area contributed by atoms with Gasteiger partial charge in [-0.15, -0.1) is 0 Å². The lowest BCUT2D eigenvalue weighted by molar-refractivity contribution is 0.472. The molecule has 0 bridgehead atoms. The summed E-state index contributed by atoms with van der Waals surface area (Å²) in [4.78, 5) is 0. The van der Waals surface area contributed by atoms with E-state index in [1.165, 1.54) is 31.4 Å². The Bertz CT molecular complexity index is 304. The fourth-order valence-corrected chi connectivity index (χ4v) is 1.97. The molecule has 0 aliphatic rings. The molecule has 1 rings (SSSR count). The maximum atomic E-state index is 4.33. The van der Waals surface area contributed by atoms with Gasteiger partial charge in [0.25, 0.3) is 0 Å². The number of rotatable bonds is 7. The molecule has 0 amide bonds. The Balaban J connectivity index is 2.39. The predicted molar refractivity (Wildman–Crippen MR) is 69.7 cm³/mol. The summed E-state index contributed by atoms with van der Waals surface area (Å²) in [6, 6.07) is 0. The highest BCUT2D eigenvalue weighted by molar-refractivity contribution is 5.45. The van der Waals surface area contributed by atoms with E-state index >= 15 is 0 Å². The number of hydrogen-bond acceptors (Lipinski definition) is 2. The lowest BCUT2D eigenvalue weighted by atomic mass is 9.99. The summed E-state index contributed by atoms with van der Waals surface area (Å²) in [5.74, 6) is 0.791. The lowest BCUT2D eigenvalue weighted by Crippen LogP contribution is -2.13. The van der Waals surface area contributed by atoms with Gasteiger partial charge in [-0.05, 0) is 19.3 Å². The standard InChI is InChI=1S/C13H25N3/c1-5-7-8-12(6-2)9-14-13-10-16(4)15-11(13)3/h10,12,14H,5-9H2,1-4H3. The predicted octanol–water partition coefficient (Wildman–Crippen LogP) is 3.36. The molecule has 0 saturated heterocycles. The van der Waals surface area contributed by atoms with Crippen molar-refractivity contribution in [2.75, 3.05) is 11.9 Å². The van der Waals surface area contributed by atoms with Crippen LogP contribution in [0, 0.1) is 12.8 Å². The first-order valence-electron chi connectivity index (χ1n) is 6.41. The Labute approximate surface area is 99.2 Å². The van der Waals surface area contributed by atoms with Crippen molar-refractivity contribution >= 4 is 5.69 Å². The molecule has 1 aromatic rings. The van der Waals surface area contributed by atoms with Gasteiger partial charge in [0.2, 0.25) is 0 Å². The minimum absolute atomic E-state index is 0.791. The Morgan fingerprint density at radius 3 is 2.69 bits per heavy atom. The summed E-state index contributed by atoms with van der Waals surface area (Å²) in [7, 11) is 1.96. The van der Waals surface area contributed by atoms with E-state index < -0.39 is 0 Å². The van der Waals surface area contributed by atoms with Gasteiger partial charge < -0.3 is 5.32 Å². The monoisotopic (exact) mass is 223 g/mol. The van der Waals surface area contributed by atoms with Gasteiger partial charge in [-0.1, -0.05) is 33.1 Å². The second-order valence-electron chi connectivity index (χ2n) is 4.60. The van der Waals surface area contributed by atoms with E-state index in [0.717, 1.165) is 18.2 Å². The van der Waals surface area contributed by atoms with Crippen LogP contribution in [0.5, 0.6) is 0 Å². The number of nitrogens with one attached hydrogen (secondary N) is 1. The summed E-state index contributed by atoms with van der Waals surface area (Å²) in [5.41, 5.74) is 2.27. The van der Waals surface area contributed by atoms with Crippen LogP contribution in [0.15, 0.2) is 6.20 Å². The highest BCUT2D eigenvalue weighted by atomic mass is 15.3. The number of aromatic nitrogens is 2. The molecule has 3 nitrogen and oxygen atoms in total. The van der Waals surface area contributed by atoms with Crippen LogP contribution in [-0.2, 0) is 7.05 Å². The molecular formula is C13H25N3. The number of hydrogen-bond donors (Lipinski definition) is 1. The van der Waals surface area contributed by atoms with Gasteiger partial charge in [0.15, 0.2) is 0 Å². The zero-order chi connectivity index (χ0) is 12.0. The fourth-order valence-electron chi connectivity index (χ4n) is 1.97. The third-order valence-electron chi connectivity index (χ3n) is 3.14. The van der Waals surface area contributed by atoms with Crippen LogP contribution < -0.4 is 5.32 Å². The largest absolute Gasteiger partial charge is 0.382 e. The van der Waals surface area contributed by atoms with Gasteiger partial charge in [0.1, 0.15) is 0 Å². The fraction of sp³-hybridized carbons (Fsp3) is 0.769. The Hall–Kier alpha value is -0.990. The molecule has 0 fully saturated rings. The average molecular weight is 223 g/mol. The smallest absolute Gasteiger partial charge is 0.0824 e. The molecule has 0 radical (unpaired) electrons. The van der Waals surface area contributed by atoms with Crippen molar-refractivity contribution in [1.29, 1.82) is 0 Å². The molecule has 0 aliphatic carbocycles. The first-order chi connectivity index (χ1) is 7.67. The molecule has 0 spiro atoms. The summed E-state index contributed by atoms with van der Waals surface area (Å²) in [6.45, 7) is 7.65. The third-order valence-corrected chi connectivity index (χ3v) is 3.14. The average Bonchev–Trinajstić information content (AvgIpc) is 2.58. The Morgan fingerprint density at radius 2 is 2.19 bits per heavy atom. The van der Waals surface area contributed by atoms with Crippen LogP contribution >= 0.6 is 0 Å².